The van der Waals surface area contributed by atoms with Gasteiger partial charge in [0.15, 0.2) is 0 Å². The summed E-state index contributed by atoms with van der Waals surface area (Å²) in [4.78, 5) is 19.0. The normalized spacial score (nSPS) is 10.5. The molecule has 0 atom stereocenters. The van der Waals surface area contributed by atoms with Gasteiger partial charge in [0.2, 0.25) is 0 Å². The lowest BCUT2D eigenvalue weighted by molar-refractivity contribution is 0.102. The van der Waals surface area contributed by atoms with Crippen molar-refractivity contribution in [2.75, 3.05) is 5.32 Å². The van der Waals surface area contributed by atoms with Crippen LogP contribution in [0.15, 0.2) is 91.4 Å². The van der Waals surface area contributed by atoms with Crippen LogP contribution in [-0.2, 0) is 0 Å². The molecule has 26 heavy (non-hydrogen) atoms. The first-order valence-electron chi connectivity index (χ1n) is 8.36. The van der Waals surface area contributed by atoms with E-state index in [9.17, 15) is 4.79 Å². The number of hydrogen-bond acceptors (Lipinski definition) is 2. The van der Waals surface area contributed by atoms with Crippen molar-refractivity contribution in [1.29, 1.82) is 0 Å². The lowest BCUT2D eigenvalue weighted by Crippen LogP contribution is -2.12. The summed E-state index contributed by atoms with van der Waals surface area (Å²) in [5.41, 5.74) is 5.55. The van der Waals surface area contributed by atoms with Crippen LogP contribution in [0.3, 0.4) is 0 Å². The fourth-order valence-corrected chi connectivity index (χ4v) is 2.89. The number of para-hydroxylation sites is 1. The number of nitrogens with zero attached hydrogens (tertiary/aromatic N) is 1. The minimum Gasteiger partial charge on any atom is -0.341 e. The Morgan fingerprint density at radius 3 is 2.15 bits per heavy atom. The molecule has 126 valence electrons. The zero-order valence-electron chi connectivity index (χ0n) is 14.0. The maximum atomic E-state index is 12.3. The number of carbonyl (C=O) groups is 1. The molecule has 0 aliphatic carbocycles. The molecule has 1 aromatic heterocycles. The summed E-state index contributed by atoms with van der Waals surface area (Å²) in [5.74, 6) is -0.212. The topological polar surface area (TPSA) is 57.8 Å². The maximum Gasteiger partial charge on any atom is 0.273 e. The fraction of sp³-hybridized carbons (Fsp3) is 0. The van der Waals surface area contributed by atoms with Gasteiger partial charge in [0.1, 0.15) is 5.69 Å². The van der Waals surface area contributed by atoms with Crippen molar-refractivity contribution >= 4 is 11.6 Å². The second kappa shape index (κ2) is 7.07. The van der Waals surface area contributed by atoms with Crippen LogP contribution in [0.4, 0.5) is 5.69 Å². The van der Waals surface area contributed by atoms with Gasteiger partial charge < -0.3 is 10.3 Å². The number of H-pyrrole nitrogens is 1. The third-order valence-electron chi connectivity index (χ3n) is 4.22. The molecule has 4 rings (SSSR count). The van der Waals surface area contributed by atoms with E-state index in [-0.39, 0.29) is 5.91 Å². The first-order valence-corrected chi connectivity index (χ1v) is 8.36. The van der Waals surface area contributed by atoms with Gasteiger partial charge >= 0.3 is 0 Å². The standard InChI is InChI=1S/C22H17N3O/c26-22(21-14-23-15-24-21)25-20-9-5-4-8-19(20)18-12-10-17(11-13-18)16-6-2-1-3-7-16/h1-15H,(H,23,24)(H,25,26). The highest BCUT2D eigenvalue weighted by Crippen LogP contribution is 2.30. The highest BCUT2D eigenvalue weighted by Gasteiger charge is 2.11. The molecule has 4 nitrogen and oxygen atoms in total. The summed E-state index contributed by atoms with van der Waals surface area (Å²) >= 11 is 0. The summed E-state index contributed by atoms with van der Waals surface area (Å²) in [6.45, 7) is 0. The summed E-state index contributed by atoms with van der Waals surface area (Å²) in [5, 5.41) is 2.95. The first kappa shape index (κ1) is 15.8. The molecule has 2 N–H and O–H groups in total. The largest absolute Gasteiger partial charge is 0.341 e. The third kappa shape index (κ3) is 3.26. The van der Waals surface area contributed by atoms with Crippen LogP contribution in [0, 0.1) is 0 Å². The zero-order valence-corrected chi connectivity index (χ0v) is 14.0. The summed E-state index contributed by atoms with van der Waals surface area (Å²) in [6, 6.07) is 26.4. The number of carbonyl (C=O) groups excluding carboxylic acids is 1. The molecule has 0 saturated carbocycles. The lowest BCUT2D eigenvalue weighted by Gasteiger charge is -2.11. The molecular formula is C22H17N3O. The van der Waals surface area contributed by atoms with E-state index in [4.69, 9.17) is 0 Å². The van der Waals surface area contributed by atoms with E-state index in [1.807, 2.05) is 42.5 Å². The molecule has 0 aliphatic heterocycles. The van der Waals surface area contributed by atoms with Crippen molar-refractivity contribution in [3.63, 3.8) is 0 Å². The van der Waals surface area contributed by atoms with E-state index in [1.54, 1.807) is 0 Å². The van der Waals surface area contributed by atoms with Gasteiger partial charge in [-0.1, -0.05) is 72.8 Å². The first-order chi connectivity index (χ1) is 12.8. The van der Waals surface area contributed by atoms with Crippen LogP contribution in [0.25, 0.3) is 22.3 Å². The zero-order chi connectivity index (χ0) is 17.8. The van der Waals surface area contributed by atoms with Crippen LogP contribution in [-0.4, -0.2) is 15.9 Å². The van der Waals surface area contributed by atoms with Gasteiger partial charge in [0.25, 0.3) is 5.91 Å². The number of aromatic nitrogens is 2. The Labute approximate surface area is 151 Å². The van der Waals surface area contributed by atoms with Crippen LogP contribution in [0.5, 0.6) is 0 Å². The number of benzene rings is 3. The minimum absolute atomic E-state index is 0.212. The van der Waals surface area contributed by atoms with E-state index in [0.717, 1.165) is 22.4 Å². The number of aromatic amines is 1. The van der Waals surface area contributed by atoms with Crippen molar-refractivity contribution in [3.8, 4) is 22.3 Å². The predicted octanol–water partition coefficient (Wildman–Crippen LogP) is 5.00. The Kier molecular flexibility index (Phi) is 4.31. The molecule has 1 amide bonds. The fourth-order valence-electron chi connectivity index (χ4n) is 2.89. The lowest BCUT2D eigenvalue weighted by atomic mass is 9.99. The van der Waals surface area contributed by atoms with Gasteiger partial charge in [0, 0.05) is 11.3 Å². The molecule has 0 aliphatic rings. The molecular weight excluding hydrogens is 322 g/mol. The molecule has 0 unspecified atom stereocenters. The SMILES string of the molecule is O=C(Nc1ccccc1-c1ccc(-c2ccccc2)cc1)c1cnc[nH]1. The number of rotatable bonds is 4. The highest BCUT2D eigenvalue weighted by atomic mass is 16.1. The summed E-state index contributed by atoms with van der Waals surface area (Å²) in [7, 11) is 0. The monoisotopic (exact) mass is 339 g/mol. The van der Waals surface area contributed by atoms with Crippen LogP contribution >= 0.6 is 0 Å². The molecule has 0 spiro atoms. The van der Waals surface area contributed by atoms with Gasteiger partial charge in [-0.25, -0.2) is 4.98 Å². The third-order valence-corrected chi connectivity index (χ3v) is 4.22. The van der Waals surface area contributed by atoms with Crippen LogP contribution in [0.2, 0.25) is 0 Å². The summed E-state index contributed by atoms with van der Waals surface area (Å²) < 4.78 is 0. The quantitative estimate of drug-likeness (QED) is 0.550. The smallest absolute Gasteiger partial charge is 0.273 e. The Bertz CT molecular complexity index is 1010. The molecule has 0 fully saturated rings. The number of anilines is 1. The average Bonchev–Trinajstić information content (AvgIpc) is 3.24. The molecule has 4 heteroatoms. The van der Waals surface area contributed by atoms with Gasteiger partial charge in [0.05, 0.1) is 12.5 Å². The van der Waals surface area contributed by atoms with Crippen molar-refractivity contribution < 1.29 is 4.79 Å². The minimum atomic E-state index is -0.212. The number of amides is 1. The second-order valence-corrected chi connectivity index (χ2v) is 5.91. The Hall–Kier alpha value is -3.66. The van der Waals surface area contributed by atoms with E-state index < -0.39 is 0 Å². The average molecular weight is 339 g/mol. The molecule has 0 radical (unpaired) electrons. The molecule has 4 aromatic rings. The Morgan fingerprint density at radius 1 is 0.769 bits per heavy atom. The molecule has 1 heterocycles. The van der Waals surface area contributed by atoms with E-state index in [0.29, 0.717) is 5.69 Å². The van der Waals surface area contributed by atoms with Crippen molar-refractivity contribution in [1.82, 2.24) is 9.97 Å². The van der Waals surface area contributed by atoms with Gasteiger partial charge in [-0.2, -0.15) is 0 Å². The second-order valence-electron chi connectivity index (χ2n) is 5.91. The number of hydrogen-bond donors (Lipinski definition) is 2. The molecule has 3 aromatic carbocycles. The van der Waals surface area contributed by atoms with Crippen LogP contribution < -0.4 is 5.32 Å². The van der Waals surface area contributed by atoms with E-state index in [2.05, 4.69) is 51.7 Å². The molecule has 0 bridgehead atoms. The van der Waals surface area contributed by atoms with Crippen LogP contribution in [0.1, 0.15) is 10.5 Å². The van der Waals surface area contributed by atoms with Crippen molar-refractivity contribution in [2.24, 2.45) is 0 Å². The van der Waals surface area contributed by atoms with E-state index >= 15 is 0 Å². The Balaban J connectivity index is 1.63. The highest BCUT2D eigenvalue weighted by molar-refractivity contribution is 6.05. The predicted molar refractivity (Wildman–Crippen MR) is 104 cm³/mol. The van der Waals surface area contributed by atoms with Gasteiger partial charge in [-0.15, -0.1) is 0 Å². The van der Waals surface area contributed by atoms with Crippen molar-refractivity contribution in [2.45, 2.75) is 0 Å². The molecule has 0 saturated heterocycles. The Morgan fingerprint density at radius 2 is 1.42 bits per heavy atom. The van der Waals surface area contributed by atoms with E-state index in [1.165, 1.54) is 18.1 Å². The van der Waals surface area contributed by atoms with Gasteiger partial charge in [-0.05, 0) is 22.8 Å². The number of nitrogens with one attached hydrogen (secondary N) is 2. The summed E-state index contributed by atoms with van der Waals surface area (Å²) in [6.07, 6.45) is 3.00. The van der Waals surface area contributed by atoms with Crippen molar-refractivity contribution in [3.05, 3.63) is 97.1 Å². The van der Waals surface area contributed by atoms with Gasteiger partial charge in [-0.3, -0.25) is 4.79 Å². The maximum absolute atomic E-state index is 12.3. The number of imidazole rings is 1.